The molecule has 2 aromatic rings. The van der Waals surface area contributed by atoms with Gasteiger partial charge in [0.25, 0.3) is 0 Å². The number of amides is 2. The smallest absolute Gasteiger partial charge is 0.319 e. The Morgan fingerprint density at radius 2 is 2.04 bits per heavy atom. The van der Waals surface area contributed by atoms with Crippen LogP contribution in [0, 0.1) is 0 Å². The van der Waals surface area contributed by atoms with Crippen molar-refractivity contribution >= 4 is 21.7 Å². The van der Waals surface area contributed by atoms with E-state index in [0.29, 0.717) is 18.8 Å². The van der Waals surface area contributed by atoms with E-state index in [0.717, 1.165) is 24.9 Å². The Labute approximate surface area is 158 Å². The van der Waals surface area contributed by atoms with E-state index >= 15 is 0 Å². The fourth-order valence-corrected chi connectivity index (χ4v) is 4.09. The molecular formula is C18H23N5O3S. The highest BCUT2D eigenvalue weighted by Gasteiger charge is 2.21. The lowest BCUT2D eigenvalue weighted by Gasteiger charge is -2.23. The van der Waals surface area contributed by atoms with Crippen LogP contribution in [0.4, 0.5) is 10.5 Å². The second-order valence-corrected chi connectivity index (χ2v) is 8.07. The number of sulfonamides is 1. The molecule has 8 nitrogen and oxygen atoms in total. The molecule has 2 amide bonds. The van der Waals surface area contributed by atoms with Crippen LogP contribution in [0.5, 0.6) is 0 Å². The summed E-state index contributed by atoms with van der Waals surface area (Å²) in [6, 6.07) is 9.28. The molecule has 0 spiro atoms. The van der Waals surface area contributed by atoms with E-state index in [-0.39, 0.29) is 17.0 Å². The summed E-state index contributed by atoms with van der Waals surface area (Å²) in [4.78, 5) is 16.1. The van der Waals surface area contributed by atoms with Crippen molar-refractivity contribution in [3.05, 3.63) is 54.4 Å². The summed E-state index contributed by atoms with van der Waals surface area (Å²) < 4.78 is 27.6. The van der Waals surface area contributed by atoms with Crippen molar-refractivity contribution in [1.29, 1.82) is 0 Å². The van der Waals surface area contributed by atoms with Gasteiger partial charge < -0.3 is 16.0 Å². The molecule has 1 aliphatic heterocycles. The predicted octanol–water partition coefficient (Wildman–Crippen LogP) is 1.43. The maximum Gasteiger partial charge on any atom is 0.319 e. The maximum absolute atomic E-state index is 12.4. The van der Waals surface area contributed by atoms with Crippen molar-refractivity contribution in [2.75, 3.05) is 18.4 Å². The highest BCUT2D eigenvalue weighted by atomic mass is 32.2. The maximum atomic E-state index is 12.4. The molecule has 0 radical (unpaired) electrons. The van der Waals surface area contributed by atoms with Gasteiger partial charge in [-0.1, -0.05) is 6.07 Å². The van der Waals surface area contributed by atoms with E-state index in [1.807, 2.05) is 6.07 Å². The number of aromatic nitrogens is 1. The summed E-state index contributed by atoms with van der Waals surface area (Å²) in [5.74, 6) is 0. The Morgan fingerprint density at radius 1 is 1.22 bits per heavy atom. The molecule has 1 aromatic carbocycles. The van der Waals surface area contributed by atoms with Gasteiger partial charge in [-0.25, -0.2) is 17.9 Å². The molecule has 0 bridgehead atoms. The molecule has 2 heterocycles. The minimum absolute atomic E-state index is 0.0974. The lowest BCUT2D eigenvalue weighted by molar-refractivity contribution is 0.251. The van der Waals surface area contributed by atoms with Gasteiger partial charge in [-0.05, 0) is 55.3 Å². The van der Waals surface area contributed by atoms with Crippen LogP contribution in [0.15, 0.2) is 53.7 Å². The molecule has 1 aliphatic rings. The lowest BCUT2D eigenvalue weighted by Crippen LogP contribution is -2.45. The molecule has 4 N–H and O–H groups in total. The zero-order valence-electron chi connectivity index (χ0n) is 14.8. The third-order valence-corrected chi connectivity index (χ3v) is 5.75. The second-order valence-electron chi connectivity index (χ2n) is 6.36. The number of hydrogen-bond donors (Lipinski definition) is 4. The van der Waals surface area contributed by atoms with Gasteiger partial charge >= 0.3 is 6.03 Å². The number of anilines is 1. The van der Waals surface area contributed by atoms with E-state index in [9.17, 15) is 13.2 Å². The molecule has 1 unspecified atom stereocenters. The van der Waals surface area contributed by atoms with E-state index in [4.69, 9.17) is 0 Å². The Kier molecular flexibility index (Phi) is 6.38. The molecule has 3 rings (SSSR count). The number of benzene rings is 1. The van der Waals surface area contributed by atoms with E-state index < -0.39 is 10.0 Å². The zero-order chi connectivity index (χ0) is 19.1. The molecule has 1 fully saturated rings. The molecule has 1 aromatic heterocycles. The first kappa shape index (κ1) is 19.3. The first-order chi connectivity index (χ1) is 13.0. The van der Waals surface area contributed by atoms with Crippen molar-refractivity contribution in [1.82, 2.24) is 20.3 Å². The van der Waals surface area contributed by atoms with Crippen molar-refractivity contribution in [2.45, 2.75) is 30.3 Å². The van der Waals surface area contributed by atoms with Crippen molar-refractivity contribution in [3.63, 3.8) is 0 Å². The van der Waals surface area contributed by atoms with E-state index in [1.165, 1.54) is 12.1 Å². The van der Waals surface area contributed by atoms with Crippen molar-refractivity contribution in [3.8, 4) is 0 Å². The van der Waals surface area contributed by atoms with Gasteiger partial charge in [-0.2, -0.15) is 0 Å². The van der Waals surface area contributed by atoms with Crippen LogP contribution in [0.1, 0.15) is 18.4 Å². The summed E-state index contributed by atoms with van der Waals surface area (Å²) in [7, 11) is -3.58. The van der Waals surface area contributed by atoms with Gasteiger partial charge in [0.05, 0.1) is 4.90 Å². The van der Waals surface area contributed by atoms with Crippen LogP contribution in [-0.4, -0.2) is 38.6 Å². The SMILES string of the molecule is O=C(NCc1cccnc1)Nc1ccc(S(=O)(=O)NC2CCCNC2)cc1. The minimum atomic E-state index is -3.58. The van der Waals surface area contributed by atoms with E-state index in [2.05, 4.69) is 25.7 Å². The summed E-state index contributed by atoms with van der Waals surface area (Å²) in [6.45, 7) is 1.91. The molecule has 0 saturated carbocycles. The minimum Gasteiger partial charge on any atom is -0.334 e. The molecule has 1 saturated heterocycles. The number of urea groups is 1. The van der Waals surface area contributed by atoms with E-state index in [1.54, 1.807) is 30.6 Å². The first-order valence-corrected chi connectivity index (χ1v) is 10.3. The van der Waals surface area contributed by atoms with Crippen LogP contribution in [-0.2, 0) is 16.6 Å². The van der Waals surface area contributed by atoms with Gasteiger partial charge in [0.15, 0.2) is 0 Å². The fraction of sp³-hybridized carbons (Fsp3) is 0.333. The number of hydrogen-bond acceptors (Lipinski definition) is 5. The van der Waals surface area contributed by atoms with Crippen molar-refractivity contribution in [2.24, 2.45) is 0 Å². The van der Waals surface area contributed by atoms with Gasteiger partial charge in [-0.15, -0.1) is 0 Å². The summed E-state index contributed by atoms with van der Waals surface area (Å²) in [5.41, 5.74) is 1.40. The average molecular weight is 389 g/mol. The highest BCUT2D eigenvalue weighted by Crippen LogP contribution is 2.15. The summed E-state index contributed by atoms with van der Waals surface area (Å²) in [5, 5.41) is 8.57. The Morgan fingerprint density at radius 3 is 2.70 bits per heavy atom. The third kappa shape index (κ3) is 5.75. The third-order valence-electron chi connectivity index (χ3n) is 4.22. The standard InChI is InChI=1S/C18H23N5O3S/c24-18(21-12-14-3-1-9-19-11-14)22-15-5-7-17(8-6-15)27(25,26)23-16-4-2-10-20-13-16/h1,3,5-9,11,16,20,23H,2,4,10,12-13H2,(H2,21,22,24). The second kappa shape index (κ2) is 8.94. The predicted molar refractivity (Wildman–Crippen MR) is 103 cm³/mol. The van der Waals surface area contributed by atoms with Crippen LogP contribution >= 0.6 is 0 Å². The van der Waals surface area contributed by atoms with Crippen LogP contribution in [0.25, 0.3) is 0 Å². The Balaban J connectivity index is 1.53. The molecule has 144 valence electrons. The summed E-state index contributed by atoms with van der Waals surface area (Å²) in [6.07, 6.45) is 5.11. The van der Waals surface area contributed by atoms with Gasteiger partial charge in [-0.3, -0.25) is 4.98 Å². The van der Waals surface area contributed by atoms with Crippen LogP contribution in [0.3, 0.4) is 0 Å². The molecular weight excluding hydrogens is 366 g/mol. The average Bonchev–Trinajstić information content (AvgIpc) is 2.68. The normalized spacial score (nSPS) is 17.3. The number of carbonyl (C=O) groups is 1. The van der Waals surface area contributed by atoms with Gasteiger partial charge in [0.2, 0.25) is 10.0 Å². The number of nitrogens with zero attached hydrogens (tertiary/aromatic N) is 1. The quantitative estimate of drug-likeness (QED) is 0.597. The monoisotopic (exact) mass is 389 g/mol. The first-order valence-electron chi connectivity index (χ1n) is 8.80. The number of nitrogens with one attached hydrogen (secondary N) is 4. The van der Waals surface area contributed by atoms with Crippen molar-refractivity contribution < 1.29 is 13.2 Å². The highest BCUT2D eigenvalue weighted by molar-refractivity contribution is 7.89. The largest absolute Gasteiger partial charge is 0.334 e. The topological polar surface area (TPSA) is 112 Å². The molecule has 0 aliphatic carbocycles. The van der Waals surface area contributed by atoms with Crippen LogP contribution < -0.4 is 20.7 Å². The molecule has 27 heavy (non-hydrogen) atoms. The van der Waals surface area contributed by atoms with Gasteiger partial charge in [0, 0.05) is 37.2 Å². The lowest BCUT2D eigenvalue weighted by atomic mass is 10.1. The number of piperidine rings is 1. The zero-order valence-corrected chi connectivity index (χ0v) is 15.6. The summed E-state index contributed by atoms with van der Waals surface area (Å²) >= 11 is 0. The Bertz CT molecular complexity index is 850. The fourth-order valence-electron chi connectivity index (χ4n) is 2.82. The Hall–Kier alpha value is -2.49. The van der Waals surface area contributed by atoms with Gasteiger partial charge in [0.1, 0.15) is 0 Å². The molecule has 9 heteroatoms. The van der Waals surface area contributed by atoms with Crippen LogP contribution in [0.2, 0.25) is 0 Å². The number of pyridine rings is 1. The number of rotatable bonds is 6. The number of carbonyl (C=O) groups excluding carboxylic acids is 1. The molecule has 1 atom stereocenters.